The number of halogens is 1. The molecule has 21 heavy (non-hydrogen) atoms. The Bertz CT molecular complexity index is 546. The van der Waals surface area contributed by atoms with Gasteiger partial charge in [-0.05, 0) is 44.4 Å². The number of aromatic carboxylic acids is 1. The lowest BCUT2D eigenvalue weighted by Crippen LogP contribution is -2.16. The summed E-state index contributed by atoms with van der Waals surface area (Å²) < 4.78 is 5.65. The van der Waals surface area contributed by atoms with Crippen LogP contribution in [0.15, 0.2) is 18.2 Å². The highest BCUT2D eigenvalue weighted by atomic mass is 35.5. The highest BCUT2D eigenvalue weighted by Crippen LogP contribution is 2.23. The Morgan fingerprint density at radius 3 is 2.81 bits per heavy atom. The minimum absolute atomic E-state index is 0.0255. The Morgan fingerprint density at radius 1 is 1.43 bits per heavy atom. The third kappa shape index (κ3) is 4.44. The number of carbonyl (C=O) groups is 2. The van der Waals surface area contributed by atoms with Crippen LogP contribution in [0.3, 0.4) is 0 Å². The number of rotatable bonds is 5. The van der Waals surface area contributed by atoms with Crippen molar-refractivity contribution in [1.29, 1.82) is 0 Å². The van der Waals surface area contributed by atoms with E-state index in [0.29, 0.717) is 18.5 Å². The lowest BCUT2D eigenvalue weighted by molar-refractivity contribution is -0.116. The van der Waals surface area contributed by atoms with Crippen molar-refractivity contribution >= 4 is 29.2 Å². The smallest absolute Gasteiger partial charge is 0.337 e. The standard InChI is InChI=1S/C15H18ClNO4/c1-9-2-4-11(21-9)5-7-14(18)17-10-3-6-13(16)12(8-10)15(19)20/h3,6,8-9,11H,2,4-5,7H2,1H3,(H,17,18)(H,19,20). The van der Waals surface area contributed by atoms with Crippen LogP contribution in [-0.2, 0) is 9.53 Å². The molecule has 2 unspecified atom stereocenters. The molecule has 1 aromatic carbocycles. The topological polar surface area (TPSA) is 75.6 Å². The second-order valence-electron chi connectivity index (χ2n) is 5.23. The fourth-order valence-electron chi connectivity index (χ4n) is 2.38. The van der Waals surface area contributed by atoms with Crippen molar-refractivity contribution in [3.63, 3.8) is 0 Å². The third-order valence-corrected chi connectivity index (χ3v) is 3.82. The molecule has 0 saturated carbocycles. The van der Waals surface area contributed by atoms with Crippen molar-refractivity contribution in [1.82, 2.24) is 0 Å². The molecule has 0 radical (unpaired) electrons. The molecular formula is C15H18ClNO4. The second kappa shape index (κ2) is 6.91. The number of ether oxygens (including phenoxy) is 1. The molecule has 114 valence electrons. The maximum absolute atomic E-state index is 11.9. The van der Waals surface area contributed by atoms with E-state index in [4.69, 9.17) is 21.4 Å². The van der Waals surface area contributed by atoms with Crippen LogP contribution in [0.5, 0.6) is 0 Å². The molecule has 6 heteroatoms. The van der Waals surface area contributed by atoms with Gasteiger partial charge in [-0.2, -0.15) is 0 Å². The van der Waals surface area contributed by atoms with Crippen LogP contribution >= 0.6 is 11.6 Å². The van der Waals surface area contributed by atoms with Gasteiger partial charge in [0, 0.05) is 12.1 Å². The van der Waals surface area contributed by atoms with E-state index >= 15 is 0 Å². The van der Waals surface area contributed by atoms with Gasteiger partial charge in [-0.15, -0.1) is 0 Å². The van der Waals surface area contributed by atoms with Gasteiger partial charge >= 0.3 is 5.97 Å². The van der Waals surface area contributed by atoms with Crippen LogP contribution in [0.25, 0.3) is 0 Å². The molecule has 1 aliphatic heterocycles. The van der Waals surface area contributed by atoms with Crippen LogP contribution in [0.1, 0.15) is 43.0 Å². The van der Waals surface area contributed by atoms with E-state index in [9.17, 15) is 9.59 Å². The first-order valence-electron chi connectivity index (χ1n) is 6.94. The normalized spacial score (nSPS) is 21.2. The first-order valence-corrected chi connectivity index (χ1v) is 7.31. The van der Waals surface area contributed by atoms with Crippen LogP contribution in [0.4, 0.5) is 5.69 Å². The van der Waals surface area contributed by atoms with Crippen LogP contribution in [0, 0.1) is 0 Å². The highest BCUT2D eigenvalue weighted by Gasteiger charge is 2.22. The number of carboxylic acid groups (broad SMARTS) is 1. The number of benzene rings is 1. The quantitative estimate of drug-likeness (QED) is 0.874. The van der Waals surface area contributed by atoms with Gasteiger partial charge in [0.05, 0.1) is 22.8 Å². The van der Waals surface area contributed by atoms with Crippen LogP contribution in [-0.4, -0.2) is 29.2 Å². The Balaban J connectivity index is 1.87. The van der Waals surface area contributed by atoms with Crippen molar-refractivity contribution in [2.45, 2.75) is 44.8 Å². The number of hydrogen-bond acceptors (Lipinski definition) is 3. The minimum atomic E-state index is -1.12. The van der Waals surface area contributed by atoms with Crippen molar-refractivity contribution in [3.05, 3.63) is 28.8 Å². The summed E-state index contributed by atoms with van der Waals surface area (Å²) in [5, 5.41) is 11.8. The van der Waals surface area contributed by atoms with Crippen molar-refractivity contribution in [2.24, 2.45) is 0 Å². The Labute approximate surface area is 128 Å². The van der Waals surface area contributed by atoms with E-state index in [2.05, 4.69) is 5.32 Å². The molecule has 1 amide bonds. The molecular weight excluding hydrogens is 294 g/mol. The zero-order chi connectivity index (χ0) is 15.4. The lowest BCUT2D eigenvalue weighted by atomic mass is 10.1. The summed E-state index contributed by atoms with van der Waals surface area (Å²) >= 11 is 5.78. The summed E-state index contributed by atoms with van der Waals surface area (Å²) in [6, 6.07) is 4.40. The van der Waals surface area contributed by atoms with Gasteiger partial charge in [0.25, 0.3) is 0 Å². The fourth-order valence-corrected chi connectivity index (χ4v) is 2.58. The molecule has 1 heterocycles. The van der Waals surface area contributed by atoms with Gasteiger partial charge in [-0.1, -0.05) is 11.6 Å². The second-order valence-corrected chi connectivity index (χ2v) is 5.64. The minimum Gasteiger partial charge on any atom is -0.478 e. The molecule has 0 aliphatic carbocycles. The zero-order valence-corrected chi connectivity index (χ0v) is 12.5. The highest BCUT2D eigenvalue weighted by molar-refractivity contribution is 6.33. The first kappa shape index (κ1) is 15.8. The van der Waals surface area contributed by atoms with E-state index in [0.717, 1.165) is 12.8 Å². The van der Waals surface area contributed by atoms with E-state index in [-0.39, 0.29) is 28.7 Å². The van der Waals surface area contributed by atoms with Gasteiger partial charge in [0.1, 0.15) is 0 Å². The van der Waals surface area contributed by atoms with Gasteiger partial charge < -0.3 is 15.2 Å². The van der Waals surface area contributed by atoms with Crippen LogP contribution in [0.2, 0.25) is 5.02 Å². The molecule has 2 rings (SSSR count). The Morgan fingerprint density at radius 2 is 2.19 bits per heavy atom. The third-order valence-electron chi connectivity index (χ3n) is 3.49. The molecule has 0 bridgehead atoms. The molecule has 1 fully saturated rings. The summed E-state index contributed by atoms with van der Waals surface area (Å²) in [4.78, 5) is 22.8. The SMILES string of the molecule is CC1CCC(CCC(=O)Nc2ccc(Cl)c(C(=O)O)c2)O1. The maximum Gasteiger partial charge on any atom is 0.337 e. The number of carbonyl (C=O) groups excluding carboxylic acids is 1. The zero-order valence-electron chi connectivity index (χ0n) is 11.8. The summed E-state index contributed by atoms with van der Waals surface area (Å²) in [6.07, 6.45) is 3.46. The summed E-state index contributed by atoms with van der Waals surface area (Å²) in [5.74, 6) is -1.28. The first-order chi connectivity index (χ1) is 9.95. The Kier molecular flexibility index (Phi) is 5.20. The predicted octanol–water partition coefficient (Wildman–Crippen LogP) is 3.32. The molecule has 2 atom stereocenters. The molecule has 1 aromatic rings. The fraction of sp³-hybridized carbons (Fsp3) is 0.467. The van der Waals surface area contributed by atoms with Gasteiger partial charge in [0.2, 0.25) is 5.91 Å². The predicted molar refractivity (Wildman–Crippen MR) is 79.8 cm³/mol. The summed E-state index contributed by atoms with van der Waals surface area (Å²) in [6.45, 7) is 2.03. The molecule has 1 aliphatic rings. The van der Waals surface area contributed by atoms with Gasteiger partial charge in [0.15, 0.2) is 0 Å². The average Bonchev–Trinajstić information content (AvgIpc) is 2.84. The van der Waals surface area contributed by atoms with Crippen molar-refractivity contribution in [2.75, 3.05) is 5.32 Å². The van der Waals surface area contributed by atoms with Gasteiger partial charge in [-0.25, -0.2) is 4.79 Å². The van der Waals surface area contributed by atoms with Gasteiger partial charge in [-0.3, -0.25) is 4.79 Å². The van der Waals surface area contributed by atoms with E-state index in [1.807, 2.05) is 6.92 Å². The number of amides is 1. The van der Waals surface area contributed by atoms with E-state index in [1.54, 1.807) is 6.07 Å². The summed E-state index contributed by atoms with van der Waals surface area (Å²) in [7, 11) is 0. The number of anilines is 1. The summed E-state index contributed by atoms with van der Waals surface area (Å²) in [5.41, 5.74) is 0.407. The Hall–Kier alpha value is -1.59. The largest absolute Gasteiger partial charge is 0.478 e. The molecule has 5 nitrogen and oxygen atoms in total. The maximum atomic E-state index is 11.9. The monoisotopic (exact) mass is 311 g/mol. The molecule has 0 spiro atoms. The van der Waals surface area contributed by atoms with E-state index < -0.39 is 5.97 Å². The molecule has 2 N–H and O–H groups in total. The lowest BCUT2D eigenvalue weighted by Gasteiger charge is -2.11. The average molecular weight is 312 g/mol. The van der Waals surface area contributed by atoms with E-state index in [1.165, 1.54) is 12.1 Å². The van der Waals surface area contributed by atoms with Crippen molar-refractivity contribution in [3.8, 4) is 0 Å². The number of hydrogen-bond donors (Lipinski definition) is 2. The number of carboxylic acids is 1. The molecule has 1 saturated heterocycles. The molecule has 0 aromatic heterocycles. The number of nitrogens with one attached hydrogen (secondary N) is 1. The van der Waals surface area contributed by atoms with Crippen LogP contribution < -0.4 is 5.32 Å². The van der Waals surface area contributed by atoms with Crippen molar-refractivity contribution < 1.29 is 19.4 Å².